The molecule has 1 aliphatic heterocycles. The van der Waals surface area contributed by atoms with Crippen molar-refractivity contribution in [2.24, 2.45) is 17.3 Å². The Kier molecular flexibility index (Phi) is 10.4. The Bertz CT molecular complexity index is 1030. The fraction of sp³-hybridized carbons (Fsp3) is 0.636. The topological polar surface area (TPSA) is 68.2 Å². The molecule has 0 radical (unpaired) electrons. The van der Waals surface area contributed by atoms with E-state index in [-0.39, 0.29) is 29.6 Å². The molecular formula is C33H50O5. The maximum atomic E-state index is 11.3. The second-order valence-corrected chi connectivity index (χ2v) is 12.2. The fourth-order valence-corrected chi connectivity index (χ4v) is 5.58. The van der Waals surface area contributed by atoms with Crippen LogP contribution in [0, 0.1) is 38.0 Å². The number of methoxy groups -OCH3 is 1. The molecular weight excluding hydrogens is 476 g/mol. The zero-order chi connectivity index (χ0) is 28.2. The van der Waals surface area contributed by atoms with Gasteiger partial charge in [0.2, 0.25) is 0 Å². The Hall–Kier alpha value is -1.92. The summed E-state index contributed by atoms with van der Waals surface area (Å²) < 4.78 is 18.3. The highest BCUT2D eigenvalue weighted by molar-refractivity contribution is 5.48. The van der Waals surface area contributed by atoms with Gasteiger partial charge in [0.25, 0.3) is 0 Å². The zero-order valence-electron chi connectivity index (χ0n) is 25.0. The van der Waals surface area contributed by atoms with Gasteiger partial charge in [-0.25, -0.2) is 0 Å². The summed E-state index contributed by atoms with van der Waals surface area (Å²) in [5.41, 5.74) is 5.48. The highest BCUT2D eigenvalue weighted by Crippen LogP contribution is 2.44. The first kappa shape index (κ1) is 30.6. The zero-order valence-corrected chi connectivity index (χ0v) is 25.0. The fourth-order valence-electron chi connectivity index (χ4n) is 5.58. The van der Waals surface area contributed by atoms with Crippen molar-refractivity contribution in [3.63, 3.8) is 0 Å². The van der Waals surface area contributed by atoms with E-state index in [1.54, 1.807) is 7.11 Å². The summed E-state index contributed by atoms with van der Waals surface area (Å²) in [4.78, 5) is 0. The first-order valence-corrected chi connectivity index (χ1v) is 14.2. The Balaban J connectivity index is 1.71. The van der Waals surface area contributed by atoms with Crippen LogP contribution in [0.15, 0.2) is 36.4 Å². The molecule has 0 bridgehead atoms. The van der Waals surface area contributed by atoms with Crippen molar-refractivity contribution in [1.82, 2.24) is 0 Å². The van der Waals surface area contributed by atoms with E-state index in [1.807, 2.05) is 32.0 Å². The Morgan fingerprint density at radius 3 is 2.32 bits per heavy atom. The van der Waals surface area contributed by atoms with E-state index < -0.39 is 12.2 Å². The molecule has 212 valence electrons. The summed E-state index contributed by atoms with van der Waals surface area (Å²) in [6, 6.07) is 12.2. The molecule has 2 aromatic rings. The number of aryl methyl sites for hydroxylation is 1. The summed E-state index contributed by atoms with van der Waals surface area (Å²) in [7, 11) is 1.72. The maximum absolute atomic E-state index is 11.3. The molecule has 0 aromatic heterocycles. The molecule has 0 spiro atoms. The van der Waals surface area contributed by atoms with Crippen molar-refractivity contribution in [1.29, 1.82) is 0 Å². The van der Waals surface area contributed by atoms with Gasteiger partial charge in [0.15, 0.2) is 0 Å². The molecule has 2 aromatic carbocycles. The Morgan fingerprint density at radius 2 is 1.68 bits per heavy atom. The normalized spacial score (nSPS) is 24.4. The predicted octanol–water partition coefficient (Wildman–Crippen LogP) is 6.34. The molecule has 1 heterocycles. The molecule has 2 N–H and O–H groups in total. The lowest BCUT2D eigenvalue weighted by atomic mass is 9.68. The smallest absolute Gasteiger partial charge is 0.123 e. The minimum atomic E-state index is -0.691. The monoisotopic (exact) mass is 526 g/mol. The molecule has 1 saturated heterocycles. The van der Waals surface area contributed by atoms with Crippen molar-refractivity contribution in [2.75, 3.05) is 7.11 Å². The van der Waals surface area contributed by atoms with Crippen LogP contribution in [0.25, 0.3) is 0 Å². The van der Waals surface area contributed by atoms with E-state index in [0.717, 1.165) is 40.0 Å². The van der Waals surface area contributed by atoms with E-state index >= 15 is 0 Å². The van der Waals surface area contributed by atoms with Gasteiger partial charge in [0.05, 0.1) is 30.5 Å². The van der Waals surface area contributed by atoms with Crippen LogP contribution in [-0.2, 0) is 22.5 Å². The van der Waals surface area contributed by atoms with Gasteiger partial charge in [-0.05, 0) is 85.8 Å². The third-order valence-electron chi connectivity index (χ3n) is 9.45. The average molecular weight is 527 g/mol. The van der Waals surface area contributed by atoms with E-state index in [9.17, 15) is 10.2 Å². The number of ether oxygens (including phenoxy) is 3. The van der Waals surface area contributed by atoms with Gasteiger partial charge >= 0.3 is 0 Å². The second-order valence-electron chi connectivity index (χ2n) is 12.2. The van der Waals surface area contributed by atoms with Crippen LogP contribution in [0.2, 0.25) is 0 Å². The molecule has 3 rings (SSSR count). The van der Waals surface area contributed by atoms with E-state index in [4.69, 9.17) is 14.2 Å². The minimum absolute atomic E-state index is 0.00165. The van der Waals surface area contributed by atoms with Crippen molar-refractivity contribution in [2.45, 2.75) is 112 Å². The standard InChI is InChI=1S/C33H50O5/c1-20-15-30(37-19-26-13-11-10-12-14-26)23(4)27(22(20)3)17-28(34)24(5)29(35)18-32-33(7,8)21(2)16-31(38-32)25(6)36-9/h10-15,21,24-25,28-29,31-32,34-35H,16-19H2,1-9H3. The Morgan fingerprint density at radius 1 is 1.03 bits per heavy atom. The first-order chi connectivity index (χ1) is 17.9. The number of benzene rings is 2. The SMILES string of the molecule is COC(C)C1CC(C)C(C)(C)C(CC(O)C(C)C(O)Cc2c(C)c(C)cc(OCc3ccccc3)c2C)O1. The van der Waals surface area contributed by atoms with Crippen molar-refractivity contribution in [3.05, 3.63) is 64.2 Å². The Labute approximate surface area is 230 Å². The van der Waals surface area contributed by atoms with Crippen LogP contribution in [-0.4, -0.2) is 47.8 Å². The number of aliphatic hydroxyl groups excluding tert-OH is 2. The molecule has 7 atom stereocenters. The molecule has 5 heteroatoms. The number of hydrogen-bond donors (Lipinski definition) is 2. The second kappa shape index (κ2) is 13.0. The summed E-state index contributed by atoms with van der Waals surface area (Å²) in [5, 5.41) is 22.6. The predicted molar refractivity (Wildman–Crippen MR) is 154 cm³/mol. The third kappa shape index (κ3) is 6.98. The lowest BCUT2D eigenvalue weighted by molar-refractivity contribution is -0.189. The van der Waals surface area contributed by atoms with Crippen LogP contribution in [0.1, 0.15) is 75.3 Å². The number of rotatable bonds is 11. The third-order valence-corrected chi connectivity index (χ3v) is 9.45. The maximum Gasteiger partial charge on any atom is 0.123 e. The van der Waals surface area contributed by atoms with Crippen molar-refractivity contribution < 1.29 is 24.4 Å². The lowest BCUT2D eigenvalue weighted by Crippen LogP contribution is -2.51. The summed E-state index contributed by atoms with van der Waals surface area (Å²) in [6.07, 6.45) is 0.412. The average Bonchev–Trinajstić information content (AvgIpc) is 2.89. The molecule has 0 amide bonds. The van der Waals surface area contributed by atoms with Crippen LogP contribution >= 0.6 is 0 Å². The largest absolute Gasteiger partial charge is 0.489 e. The molecule has 0 aliphatic carbocycles. The van der Waals surface area contributed by atoms with E-state index in [0.29, 0.717) is 25.4 Å². The molecule has 5 nitrogen and oxygen atoms in total. The molecule has 38 heavy (non-hydrogen) atoms. The van der Waals surface area contributed by atoms with Crippen LogP contribution < -0.4 is 4.74 Å². The van der Waals surface area contributed by atoms with Crippen molar-refractivity contribution >= 4 is 0 Å². The van der Waals surface area contributed by atoms with E-state index in [2.05, 4.69) is 59.7 Å². The quantitative estimate of drug-likeness (QED) is 0.358. The summed E-state index contributed by atoms with van der Waals surface area (Å²) in [5.74, 6) is 0.970. The summed E-state index contributed by atoms with van der Waals surface area (Å²) in [6.45, 7) is 17.4. The molecule has 0 saturated carbocycles. The number of hydrogen-bond acceptors (Lipinski definition) is 5. The lowest BCUT2D eigenvalue weighted by Gasteiger charge is -2.49. The van der Waals surface area contributed by atoms with Crippen LogP contribution in [0.5, 0.6) is 5.75 Å². The van der Waals surface area contributed by atoms with Gasteiger partial charge in [-0.15, -0.1) is 0 Å². The minimum Gasteiger partial charge on any atom is -0.489 e. The molecule has 1 fully saturated rings. The van der Waals surface area contributed by atoms with Gasteiger partial charge < -0.3 is 24.4 Å². The summed E-state index contributed by atoms with van der Waals surface area (Å²) >= 11 is 0. The highest BCUT2D eigenvalue weighted by Gasteiger charge is 2.45. The van der Waals surface area contributed by atoms with Crippen LogP contribution in [0.4, 0.5) is 0 Å². The van der Waals surface area contributed by atoms with E-state index in [1.165, 1.54) is 0 Å². The van der Waals surface area contributed by atoms with Gasteiger partial charge in [0, 0.05) is 19.4 Å². The van der Waals surface area contributed by atoms with Gasteiger partial charge in [-0.2, -0.15) is 0 Å². The van der Waals surface area contributed by atoms with Gasteiger partial charge in [-0.3, -0.25) is 0 Å². The van der Waals surface area contributed by atoms with Crippen LogP contribution in [0.3, 0.4) is 0 Å². The van der Waals surface area contributed by atoms with Gasteiger partial charge in [0.1, 0.15) is 12.4 Å². The number of aliphatic hydroxyl groups is 2. The highest BCUT2D eigenvalue weighted by atomic mass is 16.5. The van der Waals surface area contributed by atoms with Crippen molar-refractivity contribution in [3.8, 4) is 5.75 Å². The van der Waals surface area contributed by atoms with Gasteiger partial charge in [-0.1, -0.05) is 58.0 Å². The first-order valence-electron chi connectivity index (χ1n) is 14.2. The molecule has 1 aliphatic rings. The molecule has 7 unspecified atom stereocenters.